The molecule has 0 bridgehead atoms. The number of nitrogens with zero attached hydrogens (tertiary/aromatic N) is 2. The molecule has 0 aromatic carbocycles. The van der Waals surface area contributed by atoms with E-state index in [2.05, 4.69) is 14.7 Å². The fraction of sp³-hybridized carbons (Fsp3) is 0.385. The summed E-state index contributed by atoms with van der Waals surface area (Å²) in [7, 11) is -3.79. The lowest BCUT2D eigenvalue weighted by atomic mass is 10.2. The number of aliphatic hydroxyl groups is 1. The van der Waals surface area contributed by atoms with Gasteiger partial charge in [-0.05, 0) is 20.8 Å². The molecule has 0 aliphatic heterocycles. The van der Waals surface area contributed by atoms with Gasteiger partial charge in [0.05, 0.1) is 30.7 Å². The molecule has 2 rings (SSSR count). The van der Waals surface area contributed by atoms with Crippen LogP contribution in [0.4, 0.5) is 0 Å². The molecule has 0 aliphatic rings. The number of aryl methyl sites for hydroxylation is 3. The van der Waals surface area contributed by atoms with Crippen LogP contribution in [0.3, 0.4) is 0 Å². The molecule has 114 valence electrons. The van der Waals surface area contributed by atoms with E-state index >= 15 is 0 Å². The fourth-order valence-corrected chi connectivity index (χ4v) is 3.43. The predicted octanol–water partition coefficient (Wildman–Crippen LogP) is 0.966. The standard InChI is InChI=1S/C13H17N3O4S/c1-8-4-15-11(5-14-8)6-16-21(18,19)13-10(3)20-9(2)12(13)7-17/h4-5,16-17H,6-7H2,1-3H3. The third-order valence-corrected chi connectivity index (χ3v) is 4.63. The molecule has 21 heavy (non-hydrogen) atoms. The van der Waals surface area contributed by atoms with Crippen molar-refractivity contribution in [2.24, 2.45) is 0 Å². The molecule has 0 fully saturated rings. The summed E-state index contributed by atoms with van der Waals surface area (Å²) in [4.78, 5) is 8.12. The van der Waals surface area contributed by atoms with E-state index in [-0.39, 0.29) is 22.8 Å². The van der Waals surface area contributed by atoms with Crippen LogP contribution >= 0.6 is 0 Å². The minimum atomic E-state index is -3.79. The van der Waals surface area contributed by atoms with Crippen LogP contribution in [0.15, 0.2) is 21.7 Å². The highest BCUT2D eigenvalue weighted by Crippen LogP contribution is 2.26. The van der Waals surface area contributed by atoms with Crippen LogP contribution in [0, 0.1) is 20.8 Å². The Labute approximate surface area is 123 Å². The van der Waals surface area contributed by atoms with Gasteiger partial charge < -0.3 is 9.52 Å². The molecule has 0 saturated carbocycles. The van der Waals surface area contributed by atoms with E-state index in [4.69, 9.17) is 4.42 Å². The molecule has 0 saturated heterocycles. The number of nitrogens with one attached hydrogen (secondary N) is 1. The van der Waals surface area contributed by atoms with E-state index in [1.54, 1.807) is 27.0 Å². The van der Waals surface area contributed by atoms with Crippen molar-refractivity contribution in [2.75, 3.05) is 0 Å². The summed E-state index contributed by atoms with van der Waals surface area (Å²) < 4.78 is 32.4. The maximum Gasteiger partial charge on any atom is 0.244 e. The molecular weight excluding hydrogens is 294 g/mol. The topological polar surface area (TPSA) is 105 Å². The Morgan fingerprint density at radius 2 is 1.90 bits per heavy atom. The van der Waals surface area contributed by atoms with Gasteiger partial charge in [-0.3, -0.25) is 9.97 Å². The average molecular weight is 311 g/mol. The SMILES string of the molecule is Cc1cnc(CNS(=O)(=O)c2c(C)oc(C)c2CO)cn1. The van der Waals surface area contributed by atoms with Gasteiger partial charge in [-0.2, -0.15) is 0 Å². The maximum atomic E-state index is 12.4. The number of hydrogen-bond donors (Lipinski definition) is 2. The number of rotatable bonds is 5. The van der Waals surface area contributed by atoms with Gasteiger partial charge in [0.25, 0.3) is 0 Å². The molecular formula is C13H17N3O4S. The van der Waals surface area contributed by atoms with Crippen molar-refractivity contribution in [3.05, 3.63) is 40.9 Å². The maximum absolute atomic E-state index is 12.4. The molecule has 0 spiro atoms. The van der Waals surface area contributed by atoms with Gasteiger partial charge in [0.1, 0.15) is 16.4 Å². The van der Waals surface area contributed by atoms with Crippen LogP contribution in [0.2, 0.25) is 0 Å². The van der Waals surface area contributed by atoms with Crippen molar-refractivity contribution in [3.63, 3.8) is 0 Å². The normalized spacial score (nSPS) is 11.8. The highest BCUT2D eigenvalue weighted by atomic mass is 32.2. The summed E-state index contributed by atoms with van der Waals surface area (Å²) in [6.45, 7) is 4.58. The summed E-state index contributed by atoms with van der Waals surface area (Å²) in [5.74, 6) is 0.643. The first-order chi connectivity index (χ1) is 9.85. The third kappa shape index (κ3) is 3.29. The Kier molecular flexibility index (Phi) is 4.40. The first-order valence-corrected chi connectivity index (χ1v) is 7.80. The molecule has 7 nitrogen and oxygen atoms in total. The van der Waals surface area contributed by atoms with Gasteiger partial charge in [0.15, 0.2) is 0 Å². The fourth-order valence-electron chi connectivity index (χ4n) is 2.00. The van der Waals surface area contributed by atoms with Crippen molar-refractivity contribution < 1.29 is 17.9 Å². The molecule has 0 amide bonds. The molecule has 8 heteroatoms. The van der Waals surface area contributed by atoms with Crippen molar-refractivity contribution >= 4 is 10.0 Å². The van der Waals surface area contributed by atoms with Crippen molar-refractivity contribution in [3.8, 4) is 0 Å². The second-order valence-electron chi connectivity index (χ2n) is 4.65. The molecule has 2 heterocycles. The summed E-state index contributed by atoms with van der Waals surface area (Å²) in [5, 5.41) is 9.32. The van der Waals surface area contributed by atoms with Gasteiger partial charge in [-0.15, -0.1) is 0 Å². The summed E-state index contributed by atoms with van der Waals surface area (Å²) >= 11 is 0. The van der Waals surface area contributed by atoms with E-state index in [1.807, 2.05) is 0 Å². The van der Waals surface area contributed by atoms with Crippen LogP contribution in [0.5, 0.6) is 0 Å². The number of aromatic nitrogens is 2. The summed E-state index contributed by atoms with van der Waals surface area (Å²) in [6, 6.07) is 0. The molecule has 0 radical (unpaired) electrons. The second kappa shape index (κ2) is 5.92. The van der Waals surface area contributed by atoms with Gasteiger partial charge >= 0.3 is 0 Å². The quantitative estimate of drug-likeness (QED) is 0.852. The van der Waals surface area contributed by atoms with Crippen molar-refractivity contribution in [1.82, 2.24) is 14.7 Å². The molecule has 2 aromatic heterocycles. The average Bonchev–Trinajstić information content (AvgIpc) is 2.73. The van der Waals surface area contributed by atoms with E-state index < -0.39 is 16.6 Å². The van der Waals surface area contributed by atoms with Crippen LogP contribution < -0.4 is 4.72 Å². The van der Waals surface area contributed by atoms with Crippen molar-refractivity contribution in [1.29, 1.82) is 0 Å². The Morgan fingerprint density at radius 1 is 1.19 bits per heavy atom. The number of sulfonamides is 1. The lowest BCUT2D eigenvalue weighted by molar-refractivity contribution is 0.276. The van der Waals surface area contributed by atoms with Crippen molar-refractivity contribution in [2.45, 2.75) is 38.8 Å². The Hall–Kier alpha value is -1.77. The number of furan rings is 1. The second-order valence-corrected chi connectivity index (χ2v) is 6.36. The van der Waals surface area contributed by atoms with Crippen LogP contribution in [0.1, 0.15) is 28.5 Å². The smallest absolute Gasteiger partial charge is 0.244 e. The zero-order valence-corrected chi connectivity index (χ0v) is 12.9. The van der Waals surface area contributed by atoms with Gasteiger partial charge in [0.2, 0.25) is 10.0 Å². The summed E-state index contributed by atoms with van der Waals surface area (Å²) in [5.41, 5.74) is 1.54. The van der Waals surface area contributed by atoms with E-state index in [0.717, 1.165) is 5.69 Å². The Balaban J connectivity index is 2.25. The zero-order chi connectivity index (χ0) is 15.6. The number of hydrogen-bond acceptors (Lipinski definition) is 6. The van der Waals surface area contributed by atoms with E-state index in [0.29, 0.717) is 11.5 Å². The number of aliphatic hydroxyl groups excluding tert-OH is 1. The molecule has 0 atom stereocenters. The Bertz CT molecular complexity index is 736. The lowest BCUT2D eigenvalue weighted by Gasteiger charge is -2.07. The summed E-state index contributed by atoms with van der Waals surface area (Å²) in [6.07, 6.45) is 3.08. The first kappa shape index (κ1) is 15.6. The highest BCUT2D eigenvalue weighted by Gasteiger charge is 2.26. The zero-order valence-electron chi connectivity index (χ0n) is 12.0. The van der Waals surface area contributed by atoms with Crippen LogP contribution in [-0.4, -0.2) is 23.5 Å². The van der Waals surface area contributed by atoms with Crippen LogP contribution in [-0.2, 0) is 23.2 Å². The molecule has 2 N–H and O–H groups in total. The Morgan fingerprint density at radius 3 is 2.48 bits per heavy atom. The van der Waals surface area contributed by atoms with Crippen LogP contribution in [0.25, 0.3) is 0 Å². The molecule has 2 aromatic rings. The lowest BCUT2D eigenvalue weighted by Crippen LogP contribution is -2.25. The molecule has 0 aliphatic carbocycles. The van der Waals surface area contributed by atoms with Gasteiger partial charge in [0, 0.05) is 11.8 Å². The minimum Gasteiger partial charge on any atom is -0.465 e. The van der Waals surface area contributed by atoms with Gasteiger partial charge in [-0.1, -0.05) is 0 Å². The van der Waals surface area contributed by atoms with E-state index in [1.165, 1.54) is 6.20 Å². The third-order valence-electron chi connectivity index (χ3n) is 3.03. The van der Waals surface area contributed by atoms with Gasteiger partial charge in [-0.25, -0.2) is 13.1 Å². The predicted molar refractivity (Wildman–Crippen MR) is 74.9 cm³/mol. The highest BCUT2D eigenvalue weighted by molar-refractivity contribution is 7.89. The molecule has 0 unspecified atom stereocenters. The monoisotopic (exact) mass is 311 g/mol. The minimum absolute atomic E-state index is 0.0115. The largest absolute Gasteiger partial charge is 0.465 e. The first-order valence-electron chi connectivity index (χ1n) is 6.32. The van der Waals surface area contributed by atoms with E-state index in [9.17, 15) is 13.5 Å².